The molecule has 0 atom stereocenters. The highest BCUT2D eigenvalue weighted by Crippen LogP contribution is 2.31. The first-order chi connectivity index (χ1) is 12.2. The summed E-state index contributed by atoms with van der Waals surface area (Å²) in [5.41, 5.74) is 4.23. The fourth-order valence-corrected chi connectivity index (χ4v) is 3.20. The number of hydrogen-bond acceptors (Lipinski definition) is 7. The number of nitrogens with zero attached hydrogens (tertiary/aromatic N) is 4. The number of nitriles is 1. The fraction of sp³-hybridized carbons (Fsp3) is 0.222. The Labute approximate surface area is 151 Å². The van der Waals surface area contributed by atoms with Crippen LogP contribution in [0.1, 0.15) is 23.7 Å². The molecule has 0 fully saturated rings. The number of aryl methyl sites for hydroxylation is 1. The summed E-state index contributed by atoms with van der Waals surface area (Å²) >= 11 is 1.50. The Hall–Kier alpha value is -2.85. The van der Waals surface area contributed by atoms with Gasteiger partial charge in [-0.25, -0.2) is 9.97 Å². The fourth-order valence-electron chi connectivity index (χ4n) is 2.36. The highest BCUT2D eigenvalue weighted by Gasteiger charge is 2.17. The molecule has 1 aliphatic heterocycles. The van der Waals surface area contributed by atoms with E-state index >= 15 is 0 Å². The van der Waals surface area contributed by atoms with Gasteiger partial charge in [0.15, 0.2) is 0 Å². The largest absolute Gasteiger partial charge is 0.354 e. The molecule has 1 aliphatic rings. The molecule has 0 aromatic carbocycles. The molecule has 2 aromatic heterocycles. The summed E-state index contributed by atoms with van der Waals surface area (Å²) < 4.78 is 0. The van der Waals surface area contributed by atoms with E-state index in [4.69, 9.17) is 0 Å². The summed E-state index contributed by atoms with van der Waals surface area (Å²) in [6, 6.07) is 6.22. The number of rotatable bonds is 5. The summed E-state index contributed by atoms with van der Waals surface area (Å²) in [7, 11) is 0. The van der Waals surface area contributed by atoms with Crippen molar-refractivity contribution in [3.05, 3.63) is 63.7 Å². The number of pyridine rings is 1. The number of aromatic nitrogens is 3. The summed E-state index contributed by atoms with van der Waals surface area (Å²) in [5, 5.41) is 18.8. The normalized spacial score (nSPS) is 15.2. The van der Waals surface area contributed by atoms with E-state index in [-0.39, 0.29) is 0 Å². The maximum Gasteiger partial charge on any atom is 0.223 e. The van der Waals surface area contributed by atoms with Crippen molar-refractivity contribution in [2.75, 3.05) is 11.9 Å². The van der Waals surface area contributed by atoms with Crippen molar-refractivity contribution < 1.29 is 0 Å². The number of thioether (sulfide) groups is 1. The van der Waals surface area contributed by atoms with Gasteiger partial charge in [-0.05, 0) is 42.9 Å². The number of anilines is 1. The van der Waals surface area contributed by atoms with Crippen LogP contribution in [0.15, 0.2) is 46.9 Å². The smallest absolute Gasteiger partial charge is 0.223 e. The molecule has 0 amide bonds. The van der Waals surface area contributed by atoms with Gasteiger partial charge in [-0.1, -0.05) is 17.8 Å². The topological polar surface area (TPSA) is 86.5 Å². The average Bonchev–Trinajstić information content (AvgIpc) is 3.05. The lowest BCUT2D eigenvalue weighted by molar-refractivity contribution is 0.966. The van der Waals surface area contributed by atoms with Gasteiger partial charge in [-0.15, -0.1) is 0 Å². The first kappa shape index (κ1) is 17.0. The Morgan fingerprint density at radius 3 is 2.92 bits per heavy atom. The van der Waals surface area contributed by atoms with Crippen molar-refractivity contribution in [2.24, 2.45) is 0 Å². The summed E-state index contributed by atoms with van der Waals surface area (Å²) in [6.45, 7) is 4.57. The zero-order valence-corrected chi connectivity index (χ0v) is 14.9. The van der Waals surface area contributed by atoms with Crippen LogP contribution in [0.2, 0.25) is 0 Å². The second-order valence-electron chi connectivity index (χ2n) is 5.62. The molecule has 3 heterocycles. The van der Waals surface area contributed by atoms with E-state index in [0.717, 1.165) is 28.3 Å². The lowest BCUT2D eigenvalue weighted by Gasteiger charge is -2.10. The molecule has 0 saturated heterocycles. The number of allylic oxidation sites excluding steroid dienone is 2. The summed E-state index contributed by atoms with van der Waals surface area (Å²) in [5.74, 6) is 0.519. The molecule has 0 aliphatic carbocycles. The van der Waals surface area contributed by atoms with E-state index in [1.165, 1.54) is 11.8 Å². The van der Waals surface area contributed by atoms with Gasteiger partial charge in [0.1, 0.15) is 11.6 Å². The lowest BCUT2D eigenvalue weighted by Crippen LogP contribution is -2.11. The van der Waals surface area contributed by atoms with Gasteiger partial charge in [-0.3, -0.25) is 4.98 Å². The molecule has 2 aromatic rings. The van der Waals surface area contributed by atoms with Gasteiger partial charge in [0, 0.05) is 30.8 Å². The van der Waals surface area contributed by atoms with E-state index < -0.39 is 0 Å². The third-order valence-corrected chi connectivity index (χ3v) is 4.64. The quantitative estimate of drug-likeness (QED) is 0.801. The molecular formula is C18H18N6S. The zero-order valence-electron chi connectivity index (χ0n) is 14.1. The minimum atomic E-state index is 0.519. The molecule has 7 heteroatoms. The van der Waals surface area contributed by atoms with E-state index in [1.807, 2.05) is 37.6 Å². The Morgan fingerprint density at radius 2 is 2.24 bits per heavy atom. The maximum absolute atomic E-state index is 9.59. The maximum atomic E-state index is 9.59. The van der Waals surface area contributed by atoms with Crippen LogP contribution >= 0.6 is 11.8 Å². The molecule has 0 unspecified atom stereocenters. The molecule has 126 valence electrons. The standard InChI is InChI=1S/C18H18N6S/c1-12-9-22-18(21-7-5-14-4-3-6-20-10-14)24-16(12)15(8-19)17-23-13(2)11-25-17/h3-4,6,9-11,23H,5,7H2,1-2H3,(H,21,22,24)/b17-15-. The predicted molar refractivity (Wildman–Crippen MR) is 100 cm³/mol. The molecule has 0 bridgehead atoms. The Kier molecular flexibility index (Phi) is 5.31. The molecule has 0 saturated carbocycles. The van der Waals surface area contributed by atoms with Crippen LogP contribution in [-0.4, -0.2) is 21.5 Å². The lowest BCUT2D eigenvalue weighted by atomic mass is 10.1. The van der Waals surface area contributed by atoms with Crippen molar-refractivity contribution in [3.63, 3.8) is 0 Å². The highest BCUT2D eigenvalue weighted by molar-refractivity contribution is 8.06. The van der Waals surface area contributed by atoms with Gasteiger partial charge in [0.2, 0.25) is 5.95 Å². The molecule has 0 spiro atoms. The first-order valence-corrected chi connectivity index (χ1v) is 8.77. The minimum Gasteiger partial charge on any atom is -0.354 e. The second kappa shape index (κ2) is 7.81. The number of nitrogens with one attached hydrogen (secondary N) is 2. The van der Waals surface area contributed by atoms with Crippen LogP contribution in [0.4, 0.5) is 5.95 Å². The third-order valence-electron chi connectivity index (χ3n) is 3.63. The summed E-state index contributed by atoms with van der Waals surface area (Å²) in [6.07, 6.45) is 6.17. The van der Waals surface area contributed by atoms with Crippen LogP contribution in [0, 0.1) is 18.3 Å². The van der Waals surface area contributed by atoms with Crippen molar-refractivity contribution in [1.82, 2.24) is 20.3 Å². The van der Waals surface area contributed by atoms with Gasteiger partial charge < -0.3 is 10.6 Å². The molecule has 6 nitrogen and oxygen atoms in total. The number of hydrogen-bond donors (Lipinski definition) is 2. The van der Waals surface area contributed by atoms with Gasteiger partial charge in [-0.2, -0.15) is 5.26 Å². The Bertz CT molecular complexity index is 867. The van der Waals surface area contributed by atoms with Crippen molar-refractivity contribution in [2.45, 2.75) is 20.3 Å². The van der Waals surface area contributed by atoms with E-state index in [9.17, 15) is 5.26 Å². The van der Waals surface area contributed by atoms with Crippen molar-refractivity contribution in [3.8, 4) is 6.07 Å². The van der Waals surface area contributed by atoms with Gasteiger partial charge >= 0.3 is 0 Å². The molecule has 2 N–H and O–H groups in total. The predicted octanol–water partition coefficient (Wildman–Crippen LogP) is 3.22. The van der Waals surface area contributed by atoms with Crippen LogP contribution in [-0.2, 0) is 6.42 Å². The molecule has 3 rings (SSSR count). The Balaban J connectivity index is 1.75. The van der Waals surface area contributed by atoms with Gasteiger partial charge in [0.25, 0.3) is 0 Å². The van der Waals surface area contributed by atoms with Crippen molar-refractivity contribution >= 4 is 23.3 Å². The van der Waals surface area contributed by atoms with E-state index in [1.54, 1.807) is 12.4 Å². The monoisotopic (exact) mass is 350 g/mol. The SMILES string of the molecule is CC1=CS/C(=C(/C#N)c2nc(NCCc3cccnc3)ncc2C)N1. The molecule has 25 heavy (non-hydrogen) atoms. The Morgan fingerprint density at radius 1 is 1.36 bits per heavy atom. The average molecular weight is 350 g/mol. The van der Waals surface area contributed by atoms with E-state index in [2.05, 4.69) is 31.7 Å². The summed E-state index contributed by atoms with van der Waals surface area (Å²) in [4.78, 5) is 13.0. The molecule has 0 radical (unpaired) electrons. The highest BCUT2D eigenvalue weighted by atomic mass is 32.2. The van der Waals surface area contributed by atoms with E-state index in [0.29, 0.717) is 23.8 Å². The first-order valence-electron chi connectivity index (χ1n) is 7.89. The second-order valence-corrected chi connectivity index (χ2v) is 6.50. The van der Waals surface area contributed by atoms with Crippen molar-refractivity contribution in [1.29, 1.82) is 5.26 Å². The van der Waals surface area contributed by atoms with Crippen LogP contribution in [0.25, 0.3) is 5.57 Å². The van der Waals surface area contributed by atoms with Gasteiger partial charge in [0.05, 0.1) is 10.7 Å². The zero-order chi connectivity index (χ0) is 17.6. The van der Waals surface area contributed by atoms with Crippen LogP contribution < -0.4 is 10.6 Å². The van der Waals surface area contributed by atoms with Crippen LogP contribution in [0.3, 0.4) is 0 Å². The minimum absolute atomic E-state index is 0.519. The molecular weight excluding hydrogens is 332 g/mol. The third kappa shape index (κ3) is 4.17. The van der Waals surface area contributed by atoms with Crippen LogP contribution in [0.5, 0.6) is 0 Å².